The van der Waals surface area contributed by atoms with Crippen LogP contribution >= 0.6 is 0 Å². The van der Waals surface area contributed by atoms with Crippen LogP contribution in [0.25, 0.3) is 0 Å². The number of sulfonamides is 1. The van der Waals surface area contributed by atoms with Gasteiger partial charge in [0, 0.05) is 42.1 Å². The summed E-state index contributed by atoms with van der Waals surface area (Å²) < 4.78 is 85.9. The number of fused-ring (bicyclic) bond motifs is 1. The van der Waals surface area contributed by atoms with E-state index in [9.17, 15) is 21.6 Å². The van der Waals surface area contributed by atoms with Crippen molar-refractivity contribution < 1.29 is 35.8 Å². The number of nitrogens with zero attached hydrogens (tertiary/aromatic N) is 2. The Morgan fingerprint density at radius 1 is 0.973 bits per heavy atom. The van der Waals surface area contributed by atoms with E-state index >= 15 is 0 Å². The molecule has 1 N–H and O–H groups in total. The number of alkyl halides is 3. The van der Waals surface area contributed by atoms with Crippen LogP contribution in [0.15, 0.2) is 59.9 Å². The summed E-state index contributed by atoms with van der Waals surface area (Å²) in [6, 6.07) is 9.44. The van der Waals surface area contributed by atoms with Crippen LogP contribution in [0.2, 0.25) is 0 Å². The number of rotatable bonds is 6. The van der Waals surface area contributed by atoms with Gasteiger partial charge in [-0.25, -0.2) is 18.4 Å². The van der Waals surface area contributed by atoms with E-state index in [1.54, 1.807) is 6.07 Å². The first kappa shape index (κ1) is 25.3. The number of ether oxygens (including phenoxy) is 3. The van der Waals surface area contributed by atoms with Gasteiger partial charge in [-0.3, -0.25) is 4.72 Å². The predicted octanol–water partition coefficient (Wildman–Crippen LogP) is 4.77. The van der Waals surface area contributed by atoms with Gasteiger partial charge in [0.25, 0.3) is 10.0 Å². The minimum atomic E-state index is -4.51. The van der Waals surface area contributed by atoms with E-state index in [0.29, 0.717) is 49.4 Å². The zero-order chi connectivity index (χ0) is 26.0. The van der Waals surface area contributed by atoms with E-state index in [1.165, 1.54) is 36.8 Å². The first-order valence-corrected chi connectivity index (χ1v) is 13.2. The molecule has 0 spiro atoms. The Hall–Kier alpha value is -3.38. The fourth-order valence-electron chi connectivity index (χ4n) is 4.48. The Kier molecular flexibility index (Phi) is 6.95. The molecule has 5 rings (SSSR count). The smallest absolute Gasteiger partial charge is 0.416 e. The van der Waals surface area contributed by atoms with Crippen LogP contribution in [0.4, 0.5) is 19.0 Å². The Labute approximate surface area is 211 Å². The Morgan fingerprint density at radius 2 is 1.76 bits per heavy atom. The molecule has 1 aromatic heterocycles. The molecule has 1 saturated heterocycles. The lowest BCUT2D eigenvalue weighted by Crippen LogP contribution is -2.27. The van der Waals surface area contributed by atoms with E-state index in [1.807, 2.05) is 0 Å². The van der Waals surface area contributed by atoms with Gasteiger partial charge in [-0.05, 0) is 30.7 Å². The first-order chi connectivity index (χ1) is 17.7. The summed E-state index contributed by atoms with van der Waals surface area (Å²) in [5.74, 6) is 0.291. The van der Waals surface area contributed by atoms with E-state index in [-0.39, 0.29) is 35.1 Å². The molecule has 0 aliphatic carbocycles. The average molecular weight is 536 g/mol. The molecular formula is C25H24F3N3O5S. The van der Waals surface area contributed by atoms with Crippen LogP contribution < -0.4 is 14.2 Å². The minimum absolute atomic E-state index is 0.0309. The second kappa shape index (κ2) is 10.2. The molecule has 37 heavy (non-hydrogen) atoms. The zero-order valence-electron chi connectivity index (χ0n) is 19.6. The second-order valence-electron chi connectivity index (χ2n) is 8.77. The highest BCUT2D eigenvalue weighted by atomic mass is 32.2. The number of nitrogens with one attached hydrogen (secondary N) is 1. The lowest BCUT2D eigenvalue weighted by Gasteiger charge is -2.30. The van der Waals surface area contributed by atoms with Crippen molar-refractivity contribution in [3.63, 3.8) is 0 Å². The van der Waals surface area contributed by atoms with Crippen LogP contribution in [0.1, 0.15) is 41.9 Å². The second-order valence-corrected chi connectivity index (χ2v) is 10.5. The van der Waals surface area contributed by atoms with Crippen molar-refractivity contribution in [3.8, 4) is 11.5 Å². The maximum Gasteiger partial charge on any atom is 0.416 e. The van der Waals surface area contributed by atoms with Crippen molar-refractivity contribution in [2.75, 3.05) is 24.5 Å². The van der Waals surface area contributed by atoms with E-state index in [4.69, 9.17) is 14.2 Å². The number of halogens is 3. The summed E-state index contributed by atoms with van der Waals surface area (Å²) in [7, 11) is -3.96. The number of benzene rings is 2. The lowest BCUT2D eigenvalue weighted by atomic mass is 9.85. The molecule has 1 atom stereocenters. The molecule has 3 aromatic rings. The number of hydrogen-bond acceptors (Lipinski definition) is 7. The van der Waals surface area contributed by atoms with Crippen LogP contribution in [-0.4, -0.2) is 44.3 Å². The fraction of sp³-hybridized carbons (Fsp3) is 0.360. The molecule has 8 nitrogen and oxygen atoms in total. The maximum absolute atomic E-state index is 13.5. The molecule has 2 aliphatic rings. The third-order valence-corrected chi connectivity index (χ3v) is 7.69. The molecule has 12 heteroatoms. The SMILES string of the molecule is O=S(=O)(Nc1ccncn1)c1ccc2c(c1)OCC[C@@H]2c1ccc(C(F)(F)F)cc1OC1CCOCC1. The first-order valence-electron chi connectivity index (χ1n) is 11.7. The molecule has 0 bridgehead atoms. The van der Waals surface area contributed by atoms with Crippen molar-refractivity contribution in [2.45, 2.75) is 42.4 Å². The largest absolute Gasteiger partial charge is 0.493 e. The van der Waals surface area contributed by atoms with Crippen molar-refractivity contribution in [3.05, 3.63) is 71.7 Å². The fourth-order valence-corrected chi connectivity index (χ4v) is 5.50. The van der Waals surface area contributed by atoms with Crippen molar-refractivity contribution in [1.29, 1.82) is 0 Å². The highest BCUT2D eigenvalue weighted by Gasteiger charge is 2.34. The third kappa shape index (κ3) is 5.64. The summed E-state index contributed by atoms with van der Waals surface area (Å²) in [4.78, 5) is 7.61. The monoisotopic (exact) mass is 535 g/mol. The molecule has 3 heterocycles. The van der Waals surface area contributed by atoms with Crippen LogP contribution in [0, 0.1) is 0 Å². The van der Waals surface area contributed by atoms with E-state index in [0.717, 1.165) is 12.1 Å². The molecule has 2 aromatic carbocycles. The van der Waals surface area contributed by atoms with Crippen molar-refractivity contribution >= 4 is 15.8 Å². The summed E-state index contributed by atoms with van der Waals surface area (Å²) in [5, 5.41) is 0. The van der Waals surface area contributed by atoms with Crippen LogP contribution in [-0.2, 0) is 20.9 Å². The standard InChI is InChI=1S/C25H24F3N3O5S/c26-25(27,28)16-1-3-21(23(13-16)36-17-6-10-34-11-7-17)19-8-12-35-22-14-18(2-4-20(19)22)37(32,33)31-24-5-9-29-15-30-24/h1-5,9,13-15,17,19H,6-8,10-12H2,(H,29,30,31)/t19-/m0/s1. The van der Waals surface area contributed by atoms with Crippen LogP contribution in [0.5, 0.6) is 11.5 Å². The molecular weight excluding hydrogens is 511 g/mol. The Balaban J connectivity index is 1.48. The molecule has 0 saturated carbocycles. The van der Waals surface area contributed by atoms with Gasteiger partial charge in [0.05, 0.1) is 30.3 Å². The topological polar surface area (TPSA) is 99.6 Å². The van der Waals surface area contributed by atoms with Gasteiger partial charge < -0.3 is 14.2 Å². The summed E-state index contributed by atoms with van der Waals surface area (Å²) in [6.45, 7) is 1.23. The Bertz CT molecular complexity index is 1360. The molecule has 1 fully saturated rings. The van der Waals surface area contributed by atoms with Crippen molar-refractivity contribution in [2.24, 2.45) is 0 Å². The molecule has 2 aliphatic heterocycles. The van der Waals surface area contributed by atoms with Gasteiger partial charge in [0.2, 0.25) is 0 Å². The summed E-state index contributed by atoms with van der Waals surface area (Å²) in [6.07, 6.45) is -0.469. The predicted molar refractivity (Wildman–Crippen MR) is 127 cm³/mol. The summed E-state index contributed by atoms with van der Waals surface area (Å²) in [5.41, 5.74) is 0.477. The third-order valence-electron chi connectivity index (χ3n) is 6.33. The highest BCUT2D eigenvalue weighted by Crippen LogP contribution is 2.44. The van der Waals surface area contributed by atoms with Gasteiger partial charge >= 0.3 is 6.18 Å². The Morgan fingerprint density at radius 3 is 2.49 bits per heavy atom. The normalized spacial score (nSPS) is 18.5. The average Bonchev–Trinajstić information content (AvgIpc) is 2.88. The zero-order valence-corrected chi connectivity index (χ0v) is 20.4. The van der Waals surface area contributed by atoms with Crippen LogP contribution in [0.3, 0.4) is 0 Å². The van der Waals surface area contributed by atoms with Gasteiger partial charge in [0.1, 0.15) is 29.7 Å². The molecule has 0 amide bonds. The van der Waals surface area contributed by atoms with E-state index in [2.05, 4.69) is 14.7 Å². The number of anilines is 1. The molecule has 196 valence electrons. The van der Waals surface area contributed by atoms with Gasteiger partial charge in [0.15, 0.2) is 0 Å². The van der Waals surface area contributed by atoms with E-state index < -0.39 is 21.8 Å². The number of hydrogen-bond donors (Lipinski definition) is 1. The minimum Gasteiger partial charge on any atom is -0.493 e. The van der Waals surface area contributed by atoms with Gasteiger partial charge in [-0.15, -0.1) is 0 Å². The van der Waals surface area contributed by atoms with Crippen molar-refractivity contribution in [1.82, 2.24) is 9.97 Å². The maximum atomic E-state index is 13.5. The highest BCUT2D eigenvalue weighted by molar-refractivity contribution is 7.92. The molecule has 0 unspecified atom stereocenters. The quantitative estimate of drug-likeness (QED) is 0.486. The van der Waals surface area contributed by atoms with Gasteiger partial charge in [-0.2, -0.15) is 13.2 Å². The van der Waals surface area contributed by atoms with Gasteiger partial charge in [-0.1, -0.05) is 12.1 Å². The number of aromatic nitrogens is 2. The summed E-state index contributed by atoms with van der Waals surface area (Å²) >= 11 is 0. The molecule has 0 radical (unpaired) electrons. The lowest BCUT2D eigenvalue weighted by molar-refractivity contribution is -0.137.